The summed E-state index contributed by atoms with van der Waals surface area (Å²) in [6, 6.07) is -3.24. The van der Waals surface area contributed by atoms with Gasteiger partial charge < -0.3 is 93.7 Å². The lowest BCUT2D eigenvalue weighted by molar-refractivity contribution is -0.282. The van der Waals surface area contributed by atoms with Crippen molar-refractivity contribution in [1.82, 2.24) is 5.32 Å². The first-order valence-electron chi connectivity index (χ1n) is 15.1. The predicted octanol–water partition coefficient (Wildman–Crippen LogP) is -6.73. The van der Waals surface area contributed by atoms with E-state index >= 15 is 0 Å². The van der Waals surface area contributed by atoms with Gasteiger partial charge >= 0.3 is 0 Å². The third-order valence-electron chi connectivity index (χ3n) is 8.48. The van der Waals surface area contributed by atoms with Crippen LogP contribution in [0.15, 0.2) is 11.8 Å². The summed E-state index contributed by atoms with van der Waals surface area (Å²) in [5.74, 6) is 0.630. The van der Waals surface area contributed by atoms with Crippen molar-refractivity contribution in [1.29, 1.82) is 0 Å². The summed E-state index contributed by atoms with van der Waals surface area (Å²) in [7, 11) is 0. The average molecular weight is 638 g/mol. The summed E-state index contributed by atoms with van der Waals surface area (Å²) in [5, 5.41) is 56.0. The van der Waals surface area contributed by atoms with E-state index in [2.05, 4.69) is 5.32 Å². The molecule has 0 aromatic rings. The van der Waals surface area contributed by atoms with Crippen LogP contribution in [0.1, 0.15) is 19.3 Å². The monoisotopic (exact) mass is 637 g/mol. The van der Waals surface area contributed by atoms with Gasteiger partial charge in [-0.1, -0.05) is 0 Å². The number of aliphatic hydroxyl groups is 5. The summed E-state index contributed by atoms with van der Waals surface area (Å²) in [4.78, 5) is 0. The Labute approximate surface area is 255 Å². The smallest absolute Gasteiger partial charge is 0.215 e. The van der Waals surface area contributed by atoms with Gasteiger partial charge in [0.1, 0.15) is 54.6 Å². The Bertz CT molecular complexity index is 926. The maximum atomic E-state index is 11.2. The third-order valence-corrected chi connectivity index (χ3v) is 8.48. The van der Waals surface area contributed by atoms with Crippen LogP contribution in [0.5, 0.6) is 0 Å². The van der Waals surface area contributed by atoms with Gasteiger partial charge in [0.15, 0.2) is 12.6 Å². The topological polar surface area (TPSA) is 325 Å². The second-order valence-corrected chi connectivity index (χ2v) is 11.8. The standard InChI is InChI=1S/C26H51N7O11/c27-4-1-5-33-8-10-2-3-11(29)24(39-10)42-21-13(31)6-12(30)17(35)23(21)44-26-20(38)22(15(9-34)41-26)43-25-16(32)19(37)18(36)14(7-28)40-25/h2,11-26,33-38H,1,3-9,27-32H2/t11-,12-,13+,14+,15-,16-,17+,18-,19-,20-,21-,22-,23-,24-,25-,26+/m1/s1. The zero-order valence-electron chi connectivity index (χ0n) is 24.6. The zero-order chi connectivity index (χ0) is 32.1. The van der Waals surface area contributed by atoms with Crippen LogP contribution in [-0.4, -0.2) is 156 Å². The first-order valence-corrected chi connectivity index (χ1v) is 15.1. The Kier molecular flexibility index (Phi) is 13.1. The quantitative estimate of drug-likeness (QED) is 0.0834. The lowest BCUT2D eigenvalue weighted by Crippen LogP contribution is -2.65. The van der Waals surface area contributed by atoms with Crippen LogP contribution >= 0.6 is 0 Å². The van der Waals surface area contributed by atoms with Gasteiger partial charge in [0.05, 0.1) is 31.3 Å². The molecular formula is C26H51N7O11. The van der Waals surface area contributed by atoms with Crippen molar-refractivity contribution in [2.75, 3.05) is 32.8 Å². The lowest BCUT2D eigenvalue weighted by atomic mass is 9.84. The van der Waals surface area contributed by atoms with E-state index in [1.807, 2.05) is 6.08 Å². The van der Waals surface area contributed by atoms with Crippen LogP contribution in [0.4, 0.5) is 0 Å². The van der Waals surface area contributed by atoms with Crippen LogP contribution in [0, 0.1) is 0 Å². The van der Waals surface area contributed by atoms with Crippen molar-refractivity contribution in [3.05, 3.63) is 11.8 Å². The molecule has 0 aromatic heterocycles. The van der Waals surface area contributed by atoms with Crippen LogP contribution in [0.3, 0.4) is 0 Å². The number of rotatable bonds is 13. The molecule has 44 heavy (non-hydrogen) atoms. The fourth-order valence-corrected chi connectivity index (χ4v) is 5.82. The molecular weight excluding hydrogens is 586 g/mol. The average Bonchev–Trinajstić information content (AvgIpc) is 3.30. The van der Waals surface area contributed by atoms with Crippen molar-refractivity contribution in [3.8, 4) is 0 Å². The lowest BCUT2D eigenvalue weighted by Gasteiger charge is -2.45. The fourth-order valence-electron chi connectivity index (χ4n) is 5.82. The Morgan fingerprint density at radius 2 is 1.45 bits per heavy atom. The summed E-state index contributed by atoms with van der Waals surface area (Å²) in [6.45, 7) is 0.978. The van der Waals surface area contributed by atoms with E-state index in [-0.39, 0.29) is 13.0 Å². The first kappa shape index (κ1) is 35.7. The number of nitrogens with two attached hydrogens (primary N) is 6. The second-order valence-electron chi connectivity index (χ2n) is 11.8. The molecule has 2 saturated heterocycles. The maximum Gasteiger partial charge on any atom is 0.215 e. The zero-order valence-corrected chi connectivity index (χ0v) is 24.6. The van der Waals surface area contributed by atoms with E-state index in [0.29, 0.717) is 31.8 Å². The Morgan fingerprint density at radius 1 is 0.773 bits per heavy atom. The highest BCUT2D eigenvalue weighted by atomic mass is 16.8. The van der Waals surface area contributed by atoms with Gasteiger partial charge in [-0.25, -0.2) is 0 Å². The van der Waals surface area contributed by atoms with E-state index in [1.54, 1.807) is 0 Å². The number of hydrogen-bond acceptors (Lipinski definition) is 18. The predicted molar refractivity (Wildman–Crippen MR) is 153 cm³/mol. The van der Waals surface area contributed by atoms with Crippen molar-refractivity contribution < 1.29 is 54.0 Å². The van der Waals surface area contributed by atoms with Crippen LogP contribution < -0.4 is 39.7 Å². The van der Waals surface area contributed by atoms with Crippen LogP contribution in [0.25, 0.3) is 0 Å². The molecule has 0 aromatic carbocycles. The SMILES string of the molecule is NCCCNCC1=CC[C@@H](N)[C@@H](O[C@H]2[C@H](O[C@@H]3O[C@H](CO)[C@@H](O[C@H]4O[C@@H](CN)[C@@H](O)[C@H](O)[C@H]4N)[C@H]3O)[C@@H](O)[C@H](N)C[C@@H]2N)O1. The van der Waals surface area contributed by atoms with Crippen molar-refractivity contribution in [2.45, 2.75) is 117 Å². The van der Waals surface area contributed by atoms with E-state index in [1.165, 1.54) is 0 Å². The minimum absolute atomic E-state index is 0.137. The van der Waals surface area contributed by atoms with Gasteiger partial charge in [0.25, 0.3) is 0 Å². The molecule has 16 atom stereocenters. The molecule has 0 unspecified atom stereocenters. The fraction of sp³-hybridized carbons (Fsp3) is 0.923. The minimum atomic E-state index is -1.53. The van der Waals surface area contributed by atoms with Gasteiger partial charge in [-0.3, -0.25) is 0 Å². The highest BCUT2D eigenvalue weighted by Gasteiger charge is 2.53. The number of ether oxygens (including phenoxy) is 6. The molecule has 1 aliphatic carbocycles. The van der Waals surface area contributed by atoms with E-state index in [0.717, 1.165) is 6.42 Å². The number of hydrogen-bond donors (Lipinski definition) is 12. The van der Waals surface area contributed by atoms with Gasteiger partial charge in [-0.15, -0.1) is 0 Å². The molecule has 4 aliphatic rings. The normalized spacial score (nSPS) is 46.5. The summed E-state index contributed by atoms with van der Waals surface area (Å²) in [5.41, 5.74) is 36.1. The Morgan fingerprint density at radius 3 is 2.14 bits per heavy atom. The maximum absolute atomic E-state index is 11.2. The number of aliphatic hydroxyl groups excluding tert-OH is 5. The van der Waals surface area contributed by atoms with E-state index < -0.39 is 105 Å². The van der Waals surface area contributed by atoms with Crippen LogP contribution in [0.2, 0.25) is 0 Å². The molecule has 18 nitrogen and oxygen atoms in total. The molecule has 3 fully saturated rings. The summed E-state index contributed by atoms with van der Waals surface area (Å²) in [6.07, 6.45) is -11.5. The van der Waals surface area contributed by atoms with Gasteiger partial charge in [0, 0.05) is 18.6 Å². The molecule has 3 aliphatic heterocycles. The van der Waals surface area contributed by atoms with E-state index in [4.69, 9.17) is 62.8 Å². The third kappa shape index (κ3) is 8.04. The van der Waals surface area contributed by atoms with Gasteiger partial charge in [0.2, 0.25) is 6.29 Å². The Hall–Kier alpha value is -1.14. The largest absolute Gasteiger partial charge is 0.467 e. The molecule has 256 valence electrons. The first-order chi connectivity index (χ1) is 21.0. The van der Waals surface area contributed by atoms with Crippen molar-refractivity contribution in [2.24, 2.45) is 34.4 Å². The highest BCUT2D eigenvalue weighted by Crippen LogP contribution is 2.34. The molecule has 0 bridgehead atoms. The molecule has 0 spiro atoms. The summed E-state index contributed by atoms with van der Waals surface area (Å²) >= 11 is 0. The van der Waals surface area contributed by atoms with Crippen molar-refractivity contribution >= 4 is 0 Å². The van der Waals surface area contributed by atoms with Gasteiger partial charge in [-0.05, 0) is 38.4 Å². The number of nitrogens with one attached hydrogen (secondary N) is 1. The molecule has 3 heterocycles. The second kappa shape index (κ2) is 16.1. The molecule has 0 radical (unpaired) electrons. The van der Waals surface area contributed by atoms with Gasteiger partial charge in [-0.2, -0.15) is 0 Å². The highest BCUT2D eigenvalue weighted by molar-refractivity contribution is 5.05. The minimum Gasteiger partial charge on any atom is -0.467 e. The molecule has 0 amide bonds. The Balaban J connectivity index is 1.44. The van der Waals surface area contributed by atoms with E-state index in [9.17, 15) is 25.5 Å². The van der Waals surface area contributed by atoms with Crippen LogP contribution in [-0.2, 0) is 28.4 Å². The molecule has 4 rings (SSSR count). The molecule has 18 N–H and O–H groups in total. The summed E-state index contributed by atoms with van der Waals surface area (Å²) < 4.78 is 35.5. The molecule has 1 saturated carbocycles. The van der Waals surface area contributed by atoms with Crippen molar-refractivity contribution in [3.63, 3.8) is 0 Å². The molecule has 18 heteroatoms.